The third kappa shape index (κ3) is 3.69. The topological polar surface area (TPSA) is 41.1 Å². The highest BCUT2D eigenvalue weighted by atomic mass is 32.2. The lowest BCUT2D eigenvalue weighted by Crippen LogP contribution is -2.33. The zero-order valence-electron chi connectivity index (χ0n) is 12.5. The molecule has 0 aromatic heterocycles. The van der Waals surface area contributed by atoms with E-state index in [1.54, 1.807) is 0 Å². The lowest BCUT2D eigenvalue weighted by molar-refractivity contribution is 0.0937. The third-order valence-electron chi connectivity index (χ3n) is 3.90. The predicted octanol–water partition coefficient (Wildman–Crippen LogP) is 3.44. The maximum Gasteiger partial charge on any atom is 0.251 e. The van der Waals surface area contributed by atoms with Crippen molar-refractivity contribution in [1.82, 2.24) is 5.32 Å². The monoisotopic (exact) mass is 292 g/mol. The van der Waals surface area contributed by atoms with Gasteiger partial charge in [-0.25, -0.2) is 0 Å². The van der Waals surface area contributed by atoms with Crippen molar-refractivity contribution < 1.29 is 4.79 Å². The molecule has 3 nitrogen and oxygen atoms in total. The normalized spacial score (nSPS) is 21.8. The SMILES string of the molecule is CCNc1ccc(C(=O)NC2CCC(SC)C2)c(C)c1. The summed E-state index contributed by atoms with van der Waals surface area (Å²) in [4.78, 5) is 12.3. The molecule has 2 unspecified atom stereocenters. The van der Waals surface area contributed by atoms with Gasteiger partial charge in [-0.15, -0.1) is 0 Å². The minimum Gasteiger partial charge on any atom is -0.385 e. The van der Waals surface area contributed by atoms with E-state index in [4.69, 9.17) is 0 Å². The number of thioether (sulfide) groups is 1. The molecule has 0 heterocycles. The van der Waals surface area contributed by atoms with Crippen LogP contribution in [-0.2, 0) is 0 Å². The van der Waals surface area contributed by atoms with E-state index in [-0.39, 0.29) is 5.91 Å². The highest BCUT2D eigenvalue weighted by Gasteiger charge is 2.25. The first-order chi connectivity index (χ1) is 9.63. The van der Waals surface area contributed by atoms with Crippen LogP contribution in [0.5, 0.6) is 0 Å². The molecule has 1 fully saturated rings. The first kappa shape index (κ1) is 15.2. The van der Waals surface area contributed by atoms with Gasteiger partial charge in [0, 0.05) is 29.1 Å². The van der Waals surface area contributed by atoms with E-state index >= 15 is 0 Å². The Morgan fingerprint density at radius 3 is 2.80 bits per heavy atom. The fourth-order valence-electron chi connectivity index (χ4n) is 2.78. The van der Waals surface area contributed by atoms with Gasteiger partial charge in [0.05, 0.1) is 0 Å². The molecule has 1 saturated carbocycles. The molecule has 0 saturated heterocycles. The van der Waals surface area contributed by atoms with E-state index in [2.05, 4.69) is 23.8 Å². The van der Waals surface area contributed by atoms with Crippen molar-refractivity contribution in [3.05, 3.63) is 29.3 Å². The average molecular weight is 292 g/mol. The second-order valence-electron chi connectivity index (χ2n) is 5.40. The van der Waals surface area contributed by atoms with E-state index in [0.29, 0.717) is 11.3 Å². The Labute approximate surface area is 125 Å². The predicted molar refractivity (Wildman–Crippen MR) is 87.8 cm³/mol. The van der Waals surface area contributed by atoms with Gasteiger partial charge in [0.25, 0.3) is 5.91 Å². The molecule has 0 bridgehead atoms. The fraction of sp³-hybridized carbons (Fsp3) is 0.562. The van der Waals surface area contributed by atoms with E-state index in [0.717, 1.165) is 36.2 Å². The van der Waals surface area contributed by atoms with Crippen molar-refractivity contribution in [3.8, 4) is 0 Å². The second-order valence-corrected chi connectivity index (χ2v) is 6.54. The van der Waals surface area contributed by atoms with Gasteiger partial charge in [0.15, 0.2) is 0 Å². The van der Waals surface area contributed by atoms with Gasteiger partial charge in [-0.1, -0.05) is 0 Å². The first-order valence-electron chi connectivity index (χ1n) is 7.32. The lowest BCUT2D eigenvalue weighted by Gasteiger charge is -2.15. The van der Waals surface area contributed by atoms with Crippen LogP contribution in [0.25, 0.3) is 0 Å². The van der Waals surface area contributed by atoms with Gasteiger partial charge in [-0.3, -0.25) is 4.79 Å². The second kappa shape index (κ2) is 7.02. The summed E-state index contributed by atoms with van der Waals surface area (Å²) < 4.78 is 0. The molecule has 0 radical (unpaired) electrons. The zero-order chi connectivity index (χ0) is 14.5. The Bertz CT molecular complexity index is 476. The van der Waals surface area contributed by atoms with Crippen LogP contribution in [0.4, 0.5) is 5.69 Å². The summed E-state index contributed by atoms with van der Waals surface area (Å²) in [5.41, 5.74) is 2.89. The molecular weight excluding hydrogens is 268 g/mol. The van der Waals surface area contributed by atoms with Crippen LogP contribution < -0.4 is 10.6 Å². The maximum atomic E-state index is 12.3. The molecule has 0 aliphatic heterocycles. The van der Waals surface area contributed by atoms with Crippen LogP contribution in [0.3, 0.4) is 0 Å². The number of hydrogen-bond acceptors (Lipinski definition) is 3. The number of hydrogen-bond donors (Lipinski definition) is 2. The highest BCUT2D eigenvalue weighted by molar-refractivity contribution is 7.99. The number of amides is 1. The smallest absolute Gasteiger partial charge is 0.251 e. The van der Waals surface area contributed by atoms with E-state index in [1.807, 2.05) is 36.9 Å². The largest absolute Gasteiger partial charge is 0.385 e. The average Bonchev–Trinajstić information content (AvgIpc) is 2.86. The Morgan fingerprint density at radius 2 is 2.20 bits per heavy atom. The summed E-state index contributed by atoms with van der Waals surface area (Å²) in [5.74, 6) is 0.0669. The van der Waals surface area contributed by atoms with Crippen LogP contribution in [0.1, 0.15) is 42.1 Å². The Balaban J connectivity index is 1.99. The first-order valence-corrected chi connectivity index (χ1v) is 8.61. The summed E-state index contributed by atoms with van der Waals surface area (Å²) in [7, 11) is 0. The van der Waals surface area contributed by atoms with Gasteiger partial charge >= 0.3 is 0 Å². The van der Waals surface area contributed by atoms with Gasteiger partial charge in [0.2, 0.25) is 0 Å². The molecule has 1 aromatic carbocycles. The summed E-state index contributed by atoms with van der Waals surface area (Å²) >= 11 is 1.91. The third-order valence-corrected chi connectivity index (χ3v) is 5.00. The Morgan fingerprint density at radius 1 is 1.40 bits per heavy atom. The van der Waals surface area contributed by atoms with Crippen molar-refractivity contribution in [2.24, 2.45) is 0 Å². The number of carbonyl (C=O) groups is 1. The lowest BCUT2D eigenvalue weighted by atomic mass is 10.1. The Kier molecular flexibility index (Phi) is 5.35. The van der Waals surface area contributed by atoms with Gasteiger partial charge in [-0.2, -0.15) is 11.8 Å². The summed E-state index contributed by atoms with van der Waals surface area (Å²) in [6.07, 6.45) is 5.57. The molecule has 1 aliphatic carbocycles. The van der Waals surface area contributed by atoms with Crippen molar-refractivity contribution in [2.75, 3.05) is 18.1 Å². The summed E-state index contributed by atoms with van der Waals surface area (Å²) in [5, 5.41) is 7.15. The fourth-order valence-corrected chi connectivity index (χ4v) is 3.58. The molecular formula is C16H24N2OS. The molecule has 110 valence electrons. The molecule has 1 amide bonds. The number of nitrogens with one attached hydrogen (secondary N) is 2. The molecule has 1 aliphatic rings. The molecule has 2 N–H and O–H groups in total. The molecule has 4 heteroatoms. The van der Waals surface area contributed by atoms with Gasteiger partial charge in [0.1, 0.15) is 0 Å². The molecule has 2 rings (SSSR count). The quantitative estimate of drug-likeness (QED) is 0.873. The summed E-state index contributed by atoms with van der Waals surface area (Å²) in [6.45, 7) is 4.95. The van der Waals surface area contributed by atoms with Gasteiger partial charge < -0.3 is 10.6 Å². The standard InChI is InChI=1S/C16H24N2OS/c1-4-17-12-6-8-15(11(2)9-12)16(19)18-13-5-7-14(10-13)20-3/h6,8-9,13-14,17H,4-5,7,10H2,1-3H3,(H,18,19). The van der Waals surface area contributed by atoms with Crippen LogP contribution in [-0.4, -0.2) is 30.0 Å². The van der Waals surface area contributed by atoms with Crippen LogP contribution in [0.15, 0.2) is 18.2 Å². The molecule has 1 aromatic rings. The van der Waals surface area contributed by atoms with Crippen molar-refractivity contribution in [3.63, 3.8) is 0 Å². The number of aryl methyl sites for hydroxylation is 1. The number of rotatable bonds is 5. The minimum atomic E-state index is 0.0669. The van der Waals surface area contributed by atoms with Crippen molar-refractivity contribution in [2.45, 2.75) is 44.4 Å². The van der Waals surface area contributed by atoms with E-state index in [1.165, 1.54) is 6.42 Å². The van der Waals surface area contributed by atoms with Crippen molar-refractivity contribution in [1.29, 1.82) is 0 Å². The summed E-state index contributed by atoms with van der Waals surface area (Å²) in [6, 6.07) is 6.28. The zero-order valence-corrected chi connectivity index (χ0v) is 13.3. The van der Waals surface area contributed by atoms with E-state index < -0.39 is 0 Å². The Hall–Kier alpha value is -1.16. The maximum absolute atomic E-state index is 12.3. The van der Waals surface area contributed by atoms with E-state index in [9.17, 15) is 4.79 Å². The highest BCUT2D eigenvalue weighted by Crippen LogP contribution is 2.28. The van der Waals surface area contributed by atoms with Crippen LogP contribution in [0.2, 0.25) is 0 Å². The number of carbonyl (C=O) groups excluding carboxylic acids is 1. The van der Waals surface area contributed by atoms with Gasteiger partial charge in [-0.05, 0) is 63.1 Å². The number of anilines is 1. The van der Waals surface area contributed by atoms with Crippen LogP contribution in [0, 0.1) is 6.92 Å². The molecule has 0 spiro atoms. The molecule has 20 heavy (non-hydrogen) atoms. The molecule has 2 atom stereocenters. The minimum absolute atomic E-state index is 0.0669. The number of benzene rings is 1. The van der Waals surface area contributed by atoms with Crippen molar-refractivity contribution >= 4 is 23.4 Å². The van der Waals surface area contributed by atoms with Crippen LogP contribution >= 0.6 is 11.8 Å².